The largest absolute Gasteiger partial charge is 0.392 e. The summed E-state index contributed by atoms with van der Waals surface area (Å²) in [5.41, 5.74) is 2.47. The Morgan fingerprint density at radius 1 is 1.53 bits per heavy atom. The molecular formula is C12H18N2O. The van der Waals surface area contributed by atoms with E-state index < -0.39 is 0 Å². The second-order valence-electron chi connectivity index (χ2n) is 4.29. The van der Waals surface area contributed by atoms with Crippen molar-refractivity contribution in [3.8, 4) is 0 Å². The lowest BCUT2D eigenvalue weighted by Gasteiger charge is -2.16. The maximum atomic E-state index is 9.66. The van der Waals surface area contributed by atoms with Gasteiger partial charge in [-0.3, -0.25) is 4.98 Å². The fraction of sp³-hybridized carbons (Fsp3) is 0.583. The Kier molecular flexibility index (Phi) is 3.34. The molecule has 0 spiro atoms. The van der Waals surface area contributed by atoms with Crippen LogP contribution in [0.3, 0.4) is 0 Å². The van der Waals surface area contributed by atoms with Crippen molar-refractivity contribution < 1.29 is 5.11 Å². The molecule has 1 aromatic rings. The van der Waals surface area contributed by atoms with E-state index in [-0.39, 0.29) is 12.1 Å². The van der Waals surface area contributed by atoms with Crippen LogP contribution < -0.4 is 5.32 Å². The number of aliphatic hydroxyl groups is 1. The van der Waals surface area contributed by atoms with Crippen molar-refractivity contribution in [2.24, 2.45) is 0 Å². The number of nitrogens with zero attached hydrogens (tertiary/aromatic N) is 1. The maximum Gasteiger partial charge on any atom is 0.0693 e. The SMILES string of the molecule is Cc1ccncc1CN[C@@H]1CCC[C@H]1O. The summed E-state index contributed by atoms with van der Waals surface area (Å²) in [5.74, 6) is 0. The van der Waals surface area contributed by atoms with Crippen molar-refractivity contribution in [3.05, 3.63) is 29.6 Å². The van der Waals surface area contributed by atoms with Crippen molar-refractivity contribution in [3.63, 3.8) is 0 Å². The summed E-state index contributed by atoms with van der Waals surface area (Å²) < 4.78 is 0. The van der Waals surface area contributed by atoms with Gasteiger partial charge in [0.25, 0.3) is 0 Å². The van der Waals surface area contributed by atoms with Gasteiger partial charge >= 0.3 is 0 Å². The molecule has 3 heteroatoms. The van der Waals surface area contributed by atoms with Crippen LogP contribution in [-0.4, -0.2) is 22.2 Å². The molecule has 2 rings (SSSR count). The zero-order valence-electron chi connectivity index (χ0n) is 9.11. The highest BCUT2D eigenvalue weighted by Crippen LogP contribution is 2.19. The number of hydrogen-bond acceptors (Lipinski definition) is 3. The first-order chi connectivity index (χ1) is 7.27. The molecule has 2 N–H and O–H groups in total. The van der Waals surface area contributed by atoms with Gasteiger partial charge in [-0.15, -0.1) is 0 Å². The highest BCUT2D eigenvalue weighted by molar-refractivity contribution is 5.21. The van der Waals surface area contributed by atoms with Gasteiger partial charge in [0.1, 0.15) is 0 Å². The van der Waals surface area contributed by atoms with E-state index in [1.807, 2.05) is 18.5 Å². The number of rotatable bonds is 3. The van der Waals surface area contributed by atoms with E-state index in [4.69, 9.17) is 0 Å². The first kappa shape index (κ1) is 10.6. The van der Waals surface area contributed by atoms with Crippen LogP contribution in [0, 0.1) is 6.92 Å². The highest BCUT2D eigenvalue weighted by atomic mass is 16.3. The minimum atomic E-state index is -0.165. The highest BCUT2D eigenvalue weighted by Gasteiger charge is 2.24. The van der Waals surface area contributed by atoms with Crippen molar-refractivity contribution in [1.82, 2.24) is 10.3 Å². The zero-order chi connectivity index (χ0) is 10.7. The third-order valence-electron chi connectivity index (χ3n) is 3.18. The molecule has 1 fully saturated rings. The Bertz CT molecular complexity index is 327. The lowest BCUT2D eigenvalue weighted by molar-refractivity contribution is 0.148. The van der Waals surface area contributed by atoms with E-state index >= 15 is 0 Å². The van der Waals surface area contributed by atoms with E-state index in [1.54, 1.807) is 0 Å². The molecule has 0 saturated heterocycles. The molecule has 0 aromatic carbocycles. The average molecular weight is 206 g/mol. The topological polar surface area (TPSA) is 45.2 Å². The lowest BCUT2D eigenvalue weighted by Crippen LogP contribution is -2.35. The number of hydrogen-bond donors (Lipinski definition) is 2. The molecule has 1 aromatic heterocycles. The minimum Gasteiger partial charge on any atom is -0.392 e. The van der Waals surface area contributed by atoms with Gasteiger partial charge in [0.05, 0.1) is 6.10 Å². The van der Waals surface area contributed by atoms with Crippen molar-refractivity contribution >= 4 is 0 Å². The average Bonchev–Trinajstić information content (AvgIpc) is 2.63. The summed E-state index contributed by atoms with van der Waals surface area (Å²) in [6.45, 7) is 2.89. The molecular weight excluding hydrogens is 188 g/mol. The fourth-order valence-corrected chi connectivity index (χ4v) is 2.10. The fourth-order valence-electron chi connectivity index (χ4n) is 2.10. The number of pyridine rings is 1. The lowest BCUT2D eigenvalue weighted by atomic mass is 10.1. The second kappa shape index (κ2) is 4.73. The van der Waals surface area contributed by atoms with Crippen LogP contribution in [0.2, 0.25) is 0 Å². The second-order valence-corrected chi connectivity index (χ2v) is 4.29. The Morgan fingerprint density at radius 3 is 3.07 bits per heavy atom. The van der Waals surface area contributed by atoms with Crippen LogP contribution in [0.15, 0.2) is 18.5 Å². The van der Waals surface area contributed by atoms with E-state index in [9.17, 15) is 5.11 Å². The number of nitrogens with one attached hydrogen (secondary N) is 1. The molecule has 0 aliphatic heterocycles. The molecule has 3 nitrogen and oxygen atoms in total. The van der Waals surface area contributed by atoms with E-state index in [2.05, 4.69) is 17.2 Å². The van der Waals surface area contributed by atoms with Crippen LogP contribution in [0.5, 0.6) is 0 Å². The quantitative estimate of drug-likeness (QED) is 0.785. The minimum absolute atomic E-state index is 0.165. The summed E-state index contributed by atoms with van der Waals surface area (Å²) in [4.78, 5) is 4.11. The molecule has 0 amide bonds. The van der Waals surface area contributed by atoms with Gasteiger partial charge < -0.3 is 10.4 Å². The van der Waals surface area contributed by atoms with Crippen LogP contribution in [0.25, 0.3) is 0 Å². The molecule has 0 unspecified atom stereocenters. The van der Waals surface area contributed by atoms with Crippen LogP contribution in [-0.2, 0) is 6.54 Å². The first-order valence-electron chi connectivity index (χ1n) is 5.58. The van der Waals surface area contributed by atoms with Gasteiger partial charge in [0, 0.05) is 25.0 Å². The monoisotopic (exact) mass is 206 g/mol. The first-order valence-corrected chi connectivity index (χ1v) is 5.58. The molecule has 1 saturated carbocycles. The van der Waals surface area contributed by atoms with Crippen molar-refractivity contribution in [1.29, 1.82) is 0 Å². The van der Waals surface area contributed by atoms with Crippen LogP contribution in [0.1, 0.15) is 30.4 Å². The third kappa shape index (κ3) is 2.55. The summed E-state index contributed by atoms with van der Waals surface area (Å²) in [5, 5.41) is 13.1. The summed E-state index contributed by atoms with van der Waals surface area (Å²) in [7, 11) is 0. The molecule has 15 heavy (non-hydrogen) atoms. The molecule has 1 aliphatic rings. The Morgan fingerprint density at radius 2 is 2.40 bits per heavy atom. The Hall–Kier alpha value is -0.930. The number of aromatic nitrogens is 1. The van der Waals surface area contributed by atoms with Crippen molar-refractivity contribution in [2.45, 2.75) is 44.9 Å². The summed E-state index contributed by atoms with van der Waals surface area (Å²) >= 11 is 0. The van der Waals surface area contributed by atoms with Gasteiger partial charge in [0.15, 0.2) is 0 Å². The smallest absolute Gasteiger partial charge is 0.0693 e. The zero-order valence-corrected chi connectivity index (χ0v) is 9.11. The predicted octanol–water partition coefficient (Wildman–Crippen LogP) is 1.39. The Balaban J connectivity index is 1.90. The van der Waals surface area contributed by atoms with Gasteiger partial charge in [-0.1, -0.05) is 0 Å². The third-order valence-corrected chi connectivity index (χ3v) is 3.18. The van der Waals surface area contributed by atoms with E-state index in [1.165, 1.54) is 11.1 Å². The van der Waals surface area contributed by atoms with Gasteiger partial charge in [0.2, 0.25) is 0 Å². The molecule has 2 atom stereocenters. The number of aryl methyl sites for hydroxylation is 1. The van der Waals surface area contributed by atoms with Crippen LogP contribution >= 0.6 is 0 Å². The van der Waals surface area contributed by atoms with Crippen molar-refractivity contribution in [2.75, 3.05) is 0 Å². The van der Waals surface area contributed by atoms with Gasteiger partial charge in [-0.25, -0.2) is 0 Å². The summed E-state index contributed by atoms with van der Waals surface area (Å²) in [6.07, 6.45) is 6.68. The van der Waals surface area contributed by atoms with Gasteiger partial charge in [-0.05, 0) is 43.4 Å². The van der Waals surface area contributed by atoms with E-state index in [0.717, 1.165) is 25.8 Å². The van der Waals surface area contributed by atoms with Gasteiger partial charge in [-0.2, -0.15) is 0 Å². The molecule has 82 valence electrons. The maximum absolute atomic E-state index is 9.66. The molecule has 0 radical (unpaired) electrons. The molecule has 1 heterocycles. The normalized spacial score (nSPS) is 25.7. The predicted molar refractivity (Wildman–Crippen MR) is 59.5 cm³/mol. The Labute approximate surface area is 90.5 Å². The molecule has 1 aliphatic carbocycles. The molecule has 0 bridgehead atoms. The number of aliphatic hydroxyl groups excluding tert-OH is 1. The van der Waals surface area contributed by atoms with Crippen LogP contribution in [0.4, 0.5) is 0 Å². The standard InChI is InChI=1S/C12H18N2O/c1-9-5-6-13-7-10(9)8-14-11-3-2-4-12(11)15/h5-7,11-12,14-15H,2-4,8H2,1H3/t11-,12-/m1/s1. The van der Waals surface area contributed by atoms with E-state index in [0.29, 0.717) is 0 Å². The summed E-state index contributed by atoms with van der Waals surface area (Å²) in [6, 6.07) is 2.28.